The fourth-order valence-corrected chi connectivity index (χ4v) is 1.72. The molecule has 1 saturated carbocycles. The van der Waals surface area contributed by atoms with Gasteiger partial charge < -0.3 is 36.4 Å². The third-order valence-electron chi connectivity index (χ3n) is 3.05. The second-order valence-electron chi connectivity index (χ2n) is 4.55. The van der Waals surface area contributed by atoms with E-state index in [0.717, 1.165) is 0 Å². The molecule has 0 saturated heterocycles. The van der Waals surface area contributed by atoms with Crippen LogP contribution in [0.5, 0.6) is 0 Å². The van der Waals surface area contributed by atoms with Crippen LogP contribution in [0.15, 0.2) is 24.5 Å². The van der Waals surface area contributed by atoms with Crippen LogP contribution in [0.2, 0.25) is 0 Å². The number of carbonyl (C=O) groups is 1. The Morgan fingerprint density at radius 1 is 0.905 bits per heavy atom. The molecule has 0 aromatic carbocycles. The fourth-order valence-electron chi connectivity index (χ4n) is 1.72. The maximum Gasteiger partial charge on any atom is 0.250 e. The molecule has 1 aromatic rings. The van der Waals surface area contributed by atoms with Crippen LogP contribution in [-0.2, 0) is 0 Å². The van der Waals surface area contributed by atoms with Crippen LogP contribution >= 0.6 is 0 Å². The zero-order valence-electron chi connectivity index (χ0n) is 10.9. The number of nitrogens with two attached hydrogens (primary N) is 1. The summed E-state index contributed by atoms with van der Waals surface area (Å²) in [4.78, 5) is 14.1. The zero-order valence-corrected chi connectivity index (χ0v) is 10.9. The molecule has 9 nitrogen and oxygen atoms in total. The lowest BCUT2D eigenvalue weighted by molar-refractivity contribution is -0.223. The molecule has 0 radical (unpaired) electrons. The van der Waals surface area contributed by atoms with Crippen LogP contribution in [0.1, 0.15) is 10.4 Å². The lowest BCUT2D eigenvalue weighted by atomic mass is 9.85. The predicted octanol–water partition coefficient (Wildman–Crippen LogP) is -3.65. The highest BCUT2D eigenvalue weighted by Gasteiger charge is 2.47. The topological polar surface area (TPSA) is 177 Å². The number of nitrogens with zero attached hydrogens (tertiary/aromatic N) is 1. The first-order chi connectivity index (χ1) is 9.77. The van der Waals surface area contributed by atoms with Crippen LogP contribution in [0, 0.1) is 0 Å². The van der Waals surface area contributed by atoms with Gasteiger partial charge in [-0.05, 0) is 12.1 Å². The van der Waals surface area contributed by atoms with Crippen molar-refractivity contribution in [3.63, 3.8) is 0 Å². The van der Waals surface area contributed by atoms with Crippen molar-refractivity contribution >= 4 is 5.91 Å². The number of rotatable bonds is 1. The minimum Gasteiger partial charge on any atom is -0.387 e. The van der Waals surface area contributed by atoms with Crippen LogP contribution in [0.4, 0.5) is 0 Å². The summed E-state index contributed by atoms with van der Waals surface area (Å²) in [5.41, 5.74) is 5.38. The maximum atomic E-state index is 10.4. The van der Waals surface area contributed by atoms with Crippen molar-refractivity contribution < 1.29 is 35.4 Å². The van der Waals surface area contributed by atoms with Gasteiger partial charge in [0.1, 0.15) is 36.6 Å². The Labute approximate surface area is 119 Å². The van der Waals surface area contributed by atoms with Crippen molar-refractivity contribution in [1.29, 1.82) is 0 Å². The molecule has 1 aromatic heterocycles. The van der Waals surface area contributed by atoms with E-state index in [2.05, 4.69) is 4.98 Å². The molecule has 8 N–H and O–H groups in total. The third-order valence-corrected chi connectivity index (χ3v) is 3.05. The molecule has 0 atom stereocenters. The van der Waals surface area contributed by atoms with Crippen LogP contribution in [0.3, 0.4) is 0 Å². The van der Waals surface area contributed by atoms with Crippen molar-refractivity contribution in [3.8, 4) is 0 Å². The number of amides is 1. The fraction of sp³-hybridized carbons (Fsp3) is 0.500. The second-order valence-corrected chi connectivity index (χ2v) is 4.55. The number of carbonyl (C=O) groups excluding carboxylic acids is 1. The average Bonchev–Trinajstić information content (AvgIpc) is 2.50. The summed E-state index contributed by atoms with van der Waals surface area (Å²) in [6.07, 6.45) is -6.82. The highest BCUT2D eigenvalue weighted by Crippen LogP contribution is 2.20. The molecular formula is C12H18N2O7. The highest BCUT2D eigenvalue weighted by atomic mass is 16.4. The number of primary amides is 1. The normalized spacial score (nSPS) is 35.5. The maximum absolute atomic E-state index is 10.4. The number of hydrogen-bond acceptors (Lipinski definition) is 8. The quantitative estimate of drug-likeness (QED) is 0.277. The van der Waals surface area contributed by atoms with Gasteiger partial charge in [0.2, 0.25) is 5.91 Å². The van der Waals surface area contributed by atoms with Gasteiger partial charge in [0, 0.05) is 12.4 Å². The number of hydrogen-bond donors (Lipinski definition) is 7. The van der Waals surface area contributed by atoms with E-state index in [-0.39, 0.29) is 0 Å². The lowest BCUT2D eigenvalue weighted by Gasteiger charge is -2.39. The Bertz CT molecular complexity index is 400. The number of aromatic nitrogens is 1. The molecule has 2 rings (SSSR count). The Balaban J connectivity index is 0.000000219. The van der Waals surface area contributed by atoms with Gasteiger partial charge in [0.15, 0.2) is 0 Å². The zero-order chi connectivity index (χ0) is 16.2. The first-order valence-electron chi connectivity index (χ1n) is 6.05. The summed E-state index contributed by atoms with van der Waals surface area (Å²) >= 11 is 0. The van der Waals surface area contributed by atoms with Crippen molar-refractivity contribution in [1.82, 2.24) is 4.98 Å². The standard InChI is InChI=1S/C6H6N2O.C6H12O6/c7-6(9)5-2-1-3-8-4-5;7-1-2(8)4(10)6(12)5(11)3(1)9/h1-4H,(H2,7,9);1-12H. The Morgan fingerprint density at radius 3 is 1.48 bits per heavy atom. The van der Waals surface area contributed by atoms with Crippen LogP contribution in [-0.4, -0.2) is 78.2 Å². The van der Waals surface area contributed by atoms with Gasteiger partial charge in [-0.15, -0.1) is 0 Å². The Hall–Kier alpha value is -1.62. The lowest BCUT2D eigenvalue weighted by Crippen LogP contribution is -2.63. The van der Waals surface area contributed by atoms with Crippen molar-refractivity contribution in [2.75, 3.05) is 0 Å². The average molecular weight is 302 g/mol. The van der Waals surface area contributed by atoms with E-state index in [1.54, 1.807) is 18.3 Å². The molecular weight excluding hydrogens is 284 g/mol. The summed E-state index contributed by atoms with van der Waals surface area (Å²) in [5, 5.41) is 53.8. The van der Waals surface area contributed by atoms with Gasteiger partial charge in [0.25, 0.3) is 0 Å². The van der Waals surface area contributed by atoms with Gasteiger partial charge in [-0.2, -0.15) is 0 Å². The van der Waals surface area contributed by atoms with Gasteiger partial charge in [-0.25, -0.2) is 0 Å². The van der Waals surface area contributed by atoms with E-state index in [1.165, 1.54) is 6.20 Å². The van der Waals surface area contributed by atoms with E-state index in [1.807, 2.05) is 0 Å². The second kappa shape index (κ2) is 7.41. The number of aliphatic hydroxyl groups is 6. The van der Waals surface area contributed by atoms with Gasteiger partial charge >= 0.3 is 0 Å². The minimum atomic E-state index is -1.64. The molecule has 1 aliphatic carbocycles. The van der Waals surface area contributed by atoms with Crippen LogP contribution in [0.25, 0.3) is 0 Å². The molecule has 0 unspecified atom stereocenters. The predicted molar refractivity (Wildman–Crippen MR) is 68.8 cm³/mol. The molecule has 0 bridgehead atoms. The summed E-state index contributed by atoms with van der Waals surface area (Å²) in [5.74, 6) is -0.442. The number of aliphatic hydroxyl groups excluding tert-OH is 6. The molecule has 0 aliphatic heterocycles. The summed E-state index contributed by atoms with van der Waals surface area (Å²) in [6, 6.07) is 3.29. The highest BCUT2D eigenvalue weighted by molar-refractivity contribution is 5.92. The molecule has 118 valence electrons. The van der Waals surface area contributed by atoms with E-state index in [9.17, 15) is 4.79 Å². The van der Waals surface area contributed by atoms with Gasteiger partial charge in [0.05, 0.1) is 5.56 Å². The summed E-state index contributed by atoms with van der Waals surface area (Å²) in [7, 11) is 0. The van der Waals surface area contributed by atoms with Crippen molar-refractivity contribution in [2.24, 2.45) is 5.73 Å². The Kier molecular flexibility index (Phi) is 6.15. The van der Waals surface area contributed by atoms with Crippen molar-refractivity contribution in [3.05, 3.63) is 30.1 Å². The third kappa shape index (κ3) is 4.17. The Morgan fingerprint density at radius 2 is 1.29 bits per heavy atom. The van der Waals surface area contributed by atoms with E-state index in [4.69, 9.17) is 36.4 Å². The SMILES string of the molecule is NC(=O)c1cccnc1.OC1C(O)C(O)C(O)C(O)C1O. The monoisotopic (exact) mass is 302 g/mol. The van der Waals surface area contributed by atoms with Crippen molar-refractivity contribution in [2.45, 2.75) is 36.6 Å². The van der Waals surface area contributed by atoms with Crippen LogP contribution < -0.4 is 5.73 Å². The smallest absolute Gasteiger partial charge is 0.250 e. The van der Waals surface area contributed by atoms with Gasteiger partial charge in [-0.1, -0.05) is 0 Å². The largest absolute Gasteiger partial charge is 0.387 e. The molecule has 9 heteroatoms. The minimum absolute atomic E-state index is 0.442. The first-order valence-corrected chi connectivity index (χ1v) is 6.05. The van der Waals surface area contributed by atoms with E-state index >= 15 is 0 Å². The van der Waals surface area contributed by atoms with E-state index < -0.39 is 42.5 Å². The summed E-state index contributed by atoms with van der Waals surface area (Å²) in [6.45, 7) is 0. The number of pyridine rings is 1. The molecule has 1 amide bonds. The molecule has 0 spiro atoms. The molecule has 1 aliphatic rings. The first kappa shape index (κ1) is 17.4. The van der Waals surface area contributed by atoms with Gasteiger partial charge in [-0.3, -0.25) is 9.78 Å². The molecule has 21 heavy (non-hydrogen) atoms. The molecule has 1 heterocycles. The summed E-state index contributed by atoms with van der Waals surface area (Å²) < 4.78 is 0. The molecule has 1 fully saturated rings. The van der Waals surface area contributed by atoms with E-state index in [0.29, 0.717) is 5.56 Å².